The number of benzene rings is 1. The number of primary sulfonamides is 1. The van der Waals surface area contributed by atoms with E-state index in [4.69, 9.17) is 31.0 Å². The fourth-order valence-electron chi connectivity index (χ4n) is 2.48. The number of esters is 1. The van der Waals surface area contributed by atoms with Gasteiger partial charge in [0.05, 0.1) is 35.7 Å². The third-order valence-corrected chi connectivity index (χ3v) is 5.28. The number of unbranched alkanes of at least 4 members (excludes halogenated alkanes) is 2. The molecule has 1 heterocycles. The summed E-state index contributed by atoms with van der Waals surface area (Å²) in [5.41, 5.74) is 0.213. The number of hydrogen-bond donors (Lipinski definition) is 3. The standard InChI is InChI=1S/C18H21ClN2O7S/c19-14-10-15(21-11-12-5-4-8-27-12)13(9-16(14)29(20,25)26)18(24)28-7-3-1-2-6-17(22)23/h4-5,8-10,21H,1-3,6-7,11H2,(H,22,23)(H2,20,25,26). The van der Waals surface area contributed by atoms with Gasteiger partial charge in [-0.15, -0.1) is 0 Å². The molecule has 0 radical (unpaired) electrons. The molecule has 0 aliphatic rings. The number of aliphatic carboxylic acids is 1. The fraction of sp³-hybridized carbons (Fsp3) is 0.333. The minimum absolute atomic E-state index is 0.0453. The van der Waals surface area contributed by atoms with Crippen LogP contribution >= 0.6 is 11.6 Å². The number of hydrogen-bond acceptors (Lipinski definition) is 7. The number of furan rings is 1. The maximum atomic E-state index is 12.5. The number of nitrogens with one attached hydrogen (secondary N) is 1. The lowest BCUT2D eigenvalue weighted by Crippen LogP contribution is -2.16. The first-order valence-corrected chi connectivity index (χ1v) is 10.6. The minimum atomic E-state index is -4.15. The minimum Gasteiger partial charge on any atom is -0.481 e. The van der Waals surface area contributed by atoms with E-state index >= 15 is 0 Å². The van der Waals surface area contributed by atoms with Crippen molar-refractivity contribution in [2.75, 3.05) is 11.9 Å². The Balaban J connectivity index is 2.12. The summed E-state index contributed by atoms with van der Waals surface area (Å²) in [6, 6.07) is 5.78. The van der Waals surface area contributed by atoms with Crippen LogP contribution in [0, 0.1) is 0 Å². The molecule has 0 spiro atoms. The molecule has 0 unspecified atom stereocenters. The first kappa shape index (κ1) is 22.7. The highest BCUT2D eigenvalue weighted by atomic mass is 35.5. The highest BCUT2D eigenvalue weighted by Crippen LogP contribution is 2.29. The average Bonchev–Trinajstić information content (AvgIpc) is 3.15. The molecule has 0 saturated carbocycles. The third-order valence-electron chi connectivity index (χ3n) is 3.90. The summed E-state index contributed by atoms with van der Waals surface area (Å²) in [4.78, 5) is 22.6. The lowest BCUT2D eigenvalue weighted by Gasteiger charge is -2.14. The normalized spacial score (nSPS) is 11.2. The summed E-state index contributed by atoms with van der Waals surface area (Å²) in [5.74, 6) is -1.05. The number of carboxylic acid groups (broad SMARTS) is 1. The summed E-state index contributed by atoms with van der Waals surface area (Å²) in [7, 11) is -4.15. The van der Waals surface area contributed by atoms with Crippen LogP contribution in [0.1, 0.15) is 41.8 Å². The van der Waals surface area contributed by atoms with Crippen molar-refractivity contribution in [1.82, 2.24) is 0 Å². The van der Waals surface area contributed by atoms with Gasteiger partial charge in [0.15, 0.2) is 0 Å². The van der Waals surface area contributed by atoms with E-state index in [1.54, 1.807) is 12.1 Å². The maximum absolute atomic E-state index is 12.5. The first-order valence-electron chi connectivity index (χ1n) is 8.70. The van der Waals surface area contributed by atoms with Gasteiger partial charge in [0.2, 0.25) is 10.0 Å². The quantitative estimate of drug-likeness (QED) is 0.353. The summed E-state index contributed by atoms with van der Waals surface area (Å²) in [6.07, 6.45) is 3.06. The molecule has 29 heavy (non-hydrogen) atoms. The van der Waals surface area contributed by atoms with Crippen molar-refractivity contribution in [1.29, 1.82) is 0 Å². The van der Waals surface area contributed by atoms with Crippen LogP contribution in [-0.4, -0.2) is 32.1 Å². The van der Waals surface area contributed by atoms with E-state index in [1.165, 1.54) is 12.3 Å². The number of carboxylic acids is 1. The van der Waals surface area contributed by atoms with E-state index in [-0.39, 0.29) is 35.8 Å². The van der Waals surface area contributed by atoms with Crippen LogP contribution in [0.3, 0.4) is 0 Å². The van der Waals surface area contributed by atoms with Gasteiger partial charge in [0.25, 0.3) is 0 Å². The van der Waals surface area contributed by atoms with Crippen LogP contribution in [-0.2, 0) is 26.1 Å². The number of carbonyl (C=O) groups excluding carboxylic acids is 1. The molecular weight excluding hydrogens is 424 g/mol. The predicted molar refractivity (Wildman–Crippen MR) is 105 cm³/mol. The largest absolute Gasteiger partial charge is 0.481 e. The first-order chi connectivity index (χ1) is 13.7. The van der Waals surface area contributed by atoms with E-state index in [0.29, 0.717) is 25.0 Å². The van der Waals surface area contributed by atoms with E-state index in [1.807, 2.05) is 0 Å². The maximum Gasteiger partial charge on any atom is 0.340 e. The van der Waals surface area contributed by atoms with Gasteiger partial charge in [-0.1, -0.05) is 11.6 Å². The zero-order chi connectivity index (χ0) is 21.4. The molecule has 0 atom stereocenters. The predicted octanol–water partition coefficient (Wildman–Crippen LogP) is 2.99. The number of sulfonamides is 1. The molecule has 0 aliphatic heterocycles. The second kappa shape index (κ2) is 10.3. The van der Waals surface area contributed by atoms with Crippen molar-refractivity contribution in [3.8, 4) is 0 Å². The molecular formula is C18H21ClN2O7S. The van der Waals surface area contributed by atoms with Crippen molar-refractivity contribution in [2.45, 2.75) is 37.1 Å². The van der Waals surface area contributed by atoms with E-state index < -0.39 is 26.9 Å². The average molecular weight is 445 g/mol. The van der Waals surface area contributed by atoms with Gasteiger partial charge < -0.3 is 19.6 Å². The SMILES string of the molecule is NS(=O)(=O)c1cc(C(=O)OCCCCCC(=O)O)c(NCc2ccco2)cc1Cl. The van der Waals surface area contributed by atoms with Crippen molar-refractivity contribution >= 4 is 39.3 Å². The number of halogens is 1. The second-order valence-corrected chi connectivity index (χ2v) is 8.08. The molecule has 4 N–H and O–H groups in total. The third kappa shape index (κ3) is 7.08. The molecule has 0 aliphatic carbocycles. The Morgan fingerprint density at radius 3 is 2.62 bits per heavy atom. The Labute approximate surface area is 172 Å². The monoisotopic (exact) mass is 444 g/mol. The van der Waals surface area contributed by atoms with Gasteiger partial charge in [0.1, 0.15) is 10.7 Å². The fourth-order valence-corrected chi connectivity index (χ4v) is 3.58. The van der Waals surface area contributed by atoms with Crippen molar-refractivity contribution in [2.24, 2.45) is 5.14 Å². The van der Waals surface area contributed by atoms with E-state index in [9.17, 15) is 18.0 Å². The van der Waals surface area contributed by atoms with Gasteiger partial charge in [-0.2, -0.15) is 0 Å². The molecule has 11 heteroatoms. The van der Waals surface area contributed by atoms with Crippen LogP contribution in [0.25, 0.3) is 0 Å². The van der Waals surface area contributed by atoms with Crippen LogP contribution in [0.5, 0.6) is 0 Å². The van der Waals surface area contributed by atoms with Crippen molar-refractivity contribution in [3.05, 3.63) is 46.9 Å². The molecule has 0 bridgehead atoms. The van der Waals surface area contributed by atoms with Gasteiger partial charge in [-0.05, 0) is 43.5 Å². The summed E-state index contributed by atoms with van der Waals surface area (Å²) in [6.45, 7) is 0.289. The van der Waals surface area contributed by atoms with Crippen molar-refractivity contribution < 1.29 is 32.3 Å². The number of ether oxygens (including phenoxy) is 1. The topological polar surface area (TPSA) is 149 Å². The Hall–Kier alpha value is -2.56. The van der Waals surface area contributed by atoms with Gasteiger partial charge in [0, 0.05) is 6.42 Å². The van der Waals surface area contributed by atoms with Gasteiger partial charge in [-0.3, -0.25) is 4.79 Å². The lowest BCUT2D eigenvalue weighted by atomic mass is 10.1. The van der Waals surface area contributed by atoms with E-state index in [0.717, 1.165) is 6.07 Å². The summed E-state index contributed by atoms with van der Waals surface area (Å²) >= 11 is 6.02. The molecule has 9 nitrogen and oxygen atoms in total. The smallest absolute Gasteiger partial charge is 0.340 e. The van der Waals surface area contributed by atoms with Gasteiger partial charge >= 0.3 is 11.9 Å². The summed E-state index contributed by atoms with van der Waals surface area (Å²) in [5, 5.41) is 16.6. The van der Waals surface area contributed by atoms with Crippen molar-refractivity contribution in [3.63, 3.8) is 0 Å². The second-order valence-electron chi connectivity index (χ2n) is 6.15. The van der Waals surface area contributed by atoms with Crippen LogP contribution < -0.4 is 10.5 Å². The Bertz CT molecular complexity index is 959. The number of anilines is 1. The number of rotatable bonds is 11. The summed E-state index contributed by atoms with van der Waals surface area (Å²) < 4.78 is 33.9. The lowest BCUT2D eigenvalue weighted by molar-refractivity contribution is -0.137. The Morgan fingerprint density at radius 1 is 1.24 bits per heavy atom. The Morgan fingerprint density at radius 2 is 2.00 bits per heavy atom. The molecule has 1 aromatic heterocycles. The van der Waals surface area contributed by atoms with E-state index in [2.05, 4.69) is 5.32 Å². The highest BCUT2D eigenvalue weighted by Gasteiger charge is 2.21. The molecule has 0 amide bonds. The zero-order valence-electron chi connectivity index (χ0n) is 15.4. The van der Waals surface area contributed by atoms with Crippen LogP contribution in [0.2, 0.25) is 5.02 Å². The molecule has 0 fully saturated rings. The number of carbonyl (C=O) groups is 2. The highest BCUT2D eigenvalue weighted by molar-refractivity contribution is 7.89. The molecule has 158 valence electrons. The molecule has 2 rings (SSSR count). The van der Waals surface area contributed by atoms with Gasteiger partial charge in [-0.25, -0.2) is 18.4 Å². The number of nitrogens with two attached hydrogens (primary N) is 1. The van der Waals surface area contributed by atoms with Crippen LogP contribution in [0.15, 0.2) is 39.8 Å². The van der Waals surface area contributed by atoms with Crippen LogP contribution in [0.4, 0.5) is 5.69 Å². The molecule has 0 saturated heterocycles. The molecule has 2 aromatic rings. The Kier molecular flexibility index (Phi) is 8.06. The zero-order valence-corrected chi connectivity index (χ0v) is 17.0. The molecule has 1 aromatic carbocycles.